The summed E-state index contributed by atoms with van der Waals surface area (Å²) >= 11 is 0. The second-order valence-electron chi connectivity index (χ2n) is 12.3. The van der Waals surface area contributed by atoms with Gasteiger partial charge in [0.25, 0.3) is 0 Å². The Morgan fingerprint density at radius 3 is 2.12 bits per heavy atom. The predicted octanol–water partition coefficient (Wildman–Crippen LogP) is 11.4. The van der Waals surface area contributed by atoms with Crippen LogP contribution in [0, 0.1) is 12.1 Å². The molecule has 0 aliphatic carbocycles. The van der Waals surface area contributed by atoms with E-state index in [9.17, 15) is 0 Å². The first-order valence-electron chi connectivity index (χ1n) is 16.3. The van der Waals surface area contributed by atoms with Crippen LogP contribution >= 0.6 is 0 Å². The van der Waals surface area contributed by atoms with Crippen molar-refractivity contribution in [3.05, 3.63) is 169 Å². The van der Waals surface area contributed by atoms with Gasteiger partial charge < -0.3 is 19.9 Å². The Labute approximate surface area is 299 Å². The van der Waals surface area contributed by atoms with Crippen LogP contribution in [0.3, 0.4) is 0 Å². The van der Waals surface area contributed by atoms with E-state index in [0.717, 1.165) is 61.8 Å². The molecule has 0 radical (unpaired) electrons. The minimum absolute atomic E-state index is 0. The van der Waals surface area contributed by atoms with Crippen molar-refractivity contribution in [3.63, 3.8) is 0 Å². The molecule has 1 unspecified atom stereocenters. The SMILES string of the molecule is CC1[N-]N(c2[c-]c3c(cc2)-c2ccccc2-c2ccccc2N3c2[c-]c3c(cc2)c2ccccc2n3-c2ccccn2)c2ccccc21.[Pt]. The summed E-state index contributed by atoms with van der Waals surface area (Å²) in [5.41, 5.74) is 17.9. The van der Waals surface area contributed by atoms with Gasteiger partial charge in [0, 0.05) is 49.7 Å². The second-order valence-corrected chi connectivity index (χ2v) is 12.3. The molecule has 5 nitrogen and oxygen atoms in total. The zero-order valence-electron chi connectivity index (χ0n) is 26.5. The Morgan fingerprint density at radius 1 is 0.592 bits per heavy atom. The molecule has 0 fully saturated rings. The van der Waals surface area contributed by atoms with Crippen molar-refractivity contribution in [2.75, 3.05) is 9.91 Å². The third kappa shape index (κ3) is 4.50. The van der Waals surface area contributed by atoms with Crippen molar-refractivity contribution in [2.24, 2.45) is 0 Å². The molecule has 4 heterocycles. The van der Waals surface area contributed by atoms with Gasteiger partial charge in [0.05, 0.1) is 0 Å². The molecule has 6 aromatic carbocycles. The van der Waals surface area contributed by atoms with E-state index in [1.807, 2.05) is 23.3 Å². The fraction of sp³-hybridized carbons (Fsp3) is 0.0465. The maximum atomic E-state index is 5.06. The number of nitrogens with zero attached hydrogens (tertiary/aromatic N) is 5. The summed E-state index contributed by atoms with van der Waals surface area (Å²) in [5.74, 6) is 0.860. The summed E-state index contributed by atoms with van der Waals surface area (Å²) in [6.07, 6.45) is 1.84. The summed E-state index contributed by atoms with van der Waals surface area (Å²) in [5, 5.41) is 4.35. The van der Waals surface area contributed by atoms with Crippen LogP contribution in [0.15, 0.2) is 146 Å². The fourth-order valence-electron chi connectivity index (χ4n) is 7.47. The average molecular weight is 810 g/mol. The molecule has 0 N–H and O–H groups in total. The second kappa shape index (κ2) is 11.6. The maximum absolute atomic E-state index is 5.06. The van der Waals surface area contributed by atoms with Gasteiger partial charge in [-0.2, -0.15) is 12.1 Å². The minimum atomic E-state index is 0. The first kappa shape index (κ1) is 29.6. The third-order valence-electron chi connectivity index (χ3n) is 9.60. The fourth-order valence-corrected chi connectivity index (χ4v) is 7.47. The maximum Gasteiger partial charge on any atom is 0.135 e. The number of para-hydroxylation sites is 3. The van der Waals surface area contributed by atoms with E-state index in [2.05, 4.69) is 156 Å². The van der Waals surface area contributed by atoms with Crippen molar-refractivity contribution in [1.82, 2.24) is 9.55 Å². The summed E-state index contributed by atoms with van der Waals surface area (Å²) in [7, 11) is 0. The molecule has 49 heavy (non-hydrogen) atoms. The predicted molar refractivity (Wildman–Crippen MR) is 196 cm³/mol. The summed E-state index contributed by atoms with van der Waals surface area (Å²) in [6, 6.07) is 56.9. The number of benzene rings is 6. The van der Waals surface area contributed by atoms with Gasteiger partial charge in [-0.15, -0.1) is 35.2 Å². The number of anilines is 5. The quantitative estimate of drug-likeness (QED) is 0.167. The van der Waals surface area contributed by atoms with Gasteiger partial charge in [-0.05, 0) is 46.8 Å². The molecule has 0 bridgehead atoms. The van der Waals surface area contributed by atoms with E-state index in [4.69, 9.17) is 10.4 Å². The Hall–Kier alpha value is -5.48. The molecule has 8 aromatic rings. The molecule has 238 valence electrons. The van der Waals surface area contributed by atoms with Crippen molar-refractivity contribution < 1.29 is 21.1 Å². The average Bonchev–Trinajstić information content (AvgIpc) is 3.62. The van der Waals surface area contributed by atoms with Crippen molar-refractivity contribution >= 4 is 50.2 Å². The molecule has 2 aliphatic rings. The summed E-state index contributed by atoms with van der Waals surface area (Å²) < 4.78 is 2.22. The van der Waals surface area contributed by atoms with Crippen LogP contribution in [0.5, 0.6) is 0 Å². The number of rotatable bonds is 3. The number of fused-ring (bicyclic) bond motifs is 9. The molecule has 1 atom stereocenters. The first-order valence-corrected chi connectivity index (χ1v) is 16.3. The molecule has 0 amide bonds. The van der Waals surface area contributed by atoms with Crippen molar-refractivity contribution in [3.8, 4) is 28.1 Å². The molecule has 0 spiro atoms. The van der Waals surface area contributed by atoms with Crippen LogP contribution in [0.2, 0.25) is 0 Å². The van der Waals surface area contributed by atoms with Crippen LogP contribution in [0.1, 0.15) is 18.5 Å². The largest absolute Gasteiger partial charge is 0.558 e. The molecule has 0 saturated carbocycles. The van der Waals surface area contributed by atoms with Gasteiger partial charge >= 0.3 is 0 Å². The van der Waals surface area contributed by atoms with Gasteiger partial charge in [0.1, 0.15) is 5.82 Å². The minimum Gasteiger partial charge on any atom is -0.558 e. The zero-order valence-corrected chi connectivity index (χ0v) is 28.8. The molecular weight excluding hydrogens is 782 g/mol. The molecule has 6 heteroatoms. The van der Waals surface area contributed by atoms with E-state index in [-0.39, 0.29) is 27.1 Å². The van der Waals surface area contributed by atoms with Crippen LogP contribution in [-0.4, -0.2) is 9.55 Å². The number of hydrogen-bond acceptors (Lipinski definition) is 3. The molecule has 2 aromatic heterocycles. The topological polar surface area (TPSA) is 38.4 Å². The van der Waals surface area contributed by atoms with E-state index < -0.39 is 0 Å². The Morgan fingerprint density at radius 2 is 1.29 bits per heavy atom. The molecule has 10 rings (SSSR count). The van der Waals surface area contributed by atoms with Crippen LogP contribution in [0.25, 0.3) is 55.3 Å². The first-order chi connectivity index (χ1) is 23.7. The third-order valence-corrected chi connectivity index (χ3v) is 9.60. The van der Waals surface area contributed by atoms with E-state index in [1.54, 1.807) is 0 Å². The smallest absolute Gasteiger partial charge is 0.135 e. The van der Waals surface area contributed by atoms with Crippen molar-refractivity contribution in [2.45, 2.75) is 13.0 Å². The monoisotopic (exact) mass is 809 g/mol. The Kier molecular flexibility index (Phi) is 7.01. The standard InChI is InChI=1S/C43H28N5.Pt/c1-28-31-12-4-9-19-40(31)48(45-28)30-22-24-36-33-14-3-2-13-32(33)34-15-5-7-17-38(34)46(41(36)27-30)29-21-23-37-35-16-6-8-18-39(35)47(42(37)26-29)43-20-10-11-25-44-43;/h2-25,28H,1H3;/q-3;. The molecule has 2 aliphatic heterocycles. The number of aromatic nitrogens is 2. The van der Waals surface area contributed by atoms with Gasteiger partial charge in [0.2, 0.25) is 0 Å². The Balaban J connectivity index is 0.00000325. The number of hydrogen-bond donors (Lipinski definition) is 0. The van der Waals surface area contributed by atoms with Crippen LogP contribution in [0.4, 0.5) is 28.4 Å². The Bertz CT molecular complexity index is 2540. The summed E-state index contributed by atoms with van der Waals surface area (Å²) in [6.45, 7) is 2.14. The zero-order chi connectivity index (χ0) is 31.8. The van der Waals surface area contributed by atoms with Gasteiger partial charge in [0.15, 0.2) is 0 Å². The van der Waals surface area contributed by atoms with Gasteiger partial charge in [-0.1, -0.05) is 126 Å². The van der Waals surface area contributed by atoms with Crippen LogP contribution in [-0.2, 0) is 21.1 Å². The van der Waals surface area contributed by atoms with Crippen LogP contribution < -0.4 is 9.91 Å². The molecule has 0 saturated heterocycles. The summed E-state index contributed by atoms with van der Waals surface area (Å²) in [4.78, 5) is 7.08. The van der Waals surface area contributed by atoms with E-state index >= 15 is 0 Å². The molecular formula is C43H28N5Pt-3. The van der Waals surface area contributed by atoms with Gasteiger partial charge in [-0.3, -0.25) is 0 Å². The van der Waals surface area contributed by atoms with E-state index in [1.165, 1.54) is 22.1 Å². The van der Waals surface area contributed by atoms with E-state index in [0.29, 0.717) is 0 Å². The number of pyridine rings is 1. The van der Waals surface area contributed by atoms with Gasteiger partial charge in [-0.25, -0.2) is 4.98 Å². The van der Waals surface area contributed by atoms with Crippen molar-refractivity contribution in [1.29, 1.82) is 0 Å². The normalized spacial score (nSPS) is 14.5.